The van der Waals surface area contributed by atoms with Gasteiger partial charge in [0, 0.05) is 18.4 Å². The molecule has 2 aliphatic rings. The fourth-order valence-corrected chi connectivity index (χ4v) is 7.71. The third-order valence-electron chi connectivity index (χ3n) is 11.6. The van der Waals surface area contributed by atoms with E-state index >= 15 is 0 Å². The molecule has 1 fully saturated rings. The van der Waals surface area contributed by atoms with Crippen LogP contribution in [-0.2, 0) is 9.59 Å². The molecule has 2 aliphatic carbocycles. The van der Waals surface area contributed by atoms with Crippen molar-refractivity contribution < 1.29 is 14.7 Å². The second-order valence-electron chi connectivity index (χ2n) is 15.4. The molecule has 4 nitrogen and oxygen atoms in total. The van der Waals surface area contributed by atoms with Gasteiger partial charge in [-0.3, -0.25) is 4.79 Å². The van der Waals surface area contributed by atoms with E-state index < -0.39 is 10.8 Å². The molecule has 0 aromatic heterocycles. The molecular weight excluding hydrogens is 458 g/mol. The molecule has 5 atom stereocenters. The van der Waals surface area contributed by atoms with E-state index in [-0.39, 0.29) is 57.2 Å². The fraction of sp³-hybridized carbons (Fsp3) is 0.848. The van der Waals surface area contributed by atoms with Crippen molar-refractivity contribution in [3.05, 3.63) is 11.6 Å². The molecular formula is C33H55NO3. The first-order chi connectivity index (χ1) is 16.7. The maximum absolute atomic E-state index is 13.2. The number of Topliss-reactive ketones (excluding diaryl/α,β-unsaturated/α-hetero) is 2. The molecule has 37 heavy (non-hydrogen) atoms. The smallest absolute Gasteiger partial charge is 0.178 e. The van der Waals surface area contributed by atoms with Crippen molar-refractivity contribution in [3.8, 4) is 6.07 Å². The van der Waals surface area contributed by atoms with Crippen LogP contribution in [0, 0.1) is 55.7 Å². The maximum atomic E-state index is 13.2. The first-order valence-corrected chi connectivity index (χ1v) is 14.5. The maximum Gasteiger partial charge on any atom is 0.178 e. The molecule has 1 N–H and O–H groups in total. The highest BCUT2D eigenvalue weighted by Gasteiger charge is 2.63. The van der Waals surface area contributed by atoms with Gasteiger partial charge in [0.15, 0.2) is 5.78 Å². The summed E-state index contributed by atoms with van der Waals surface area (Å²) in [5.74, 6) is 0.228. The normalized spacial score (nSPS) is 31.6. The minimum atomic E-state index is -0.628. The van der Waals surface area contributed by atoms with E-state index in [2.05, 4.69) is 61.5 Å². The summed E-state index contributed by atoms with van der Waals surface area (Å²) in [5.41, 5.74) is -0.899. The molecule has 0 amide bonds. The van der Waals surface area contributed by atoms with Gasteiger partial charge in [-0.2, -0.15) is 5.26 Å². The average Bonchev–Trinajstić information content (AvgIpc) is 2.81. The number of hydrogen-bond donors (Lipinski definition) is 1. The predicted octanol–water partition coefficient (Wildman–Crippen LogP) is 8.08. The van der Waals surface area contributed by atoms with Gasteiger partial charge in [0.2, 0.25) is 0 Å². The topological polar surface area (TPSA) is 78.2 Å². The third-order valence-corrected chi connectivity index (χ3v) is 11.6. The number of carbonyl (C=O) groups is 2. The lowest BCUT2D eigenvalue weighted by atomic mass is 9.39. The Bertz CT molecular complexity index is 951. The largest absolute Gasteiger partial charge is 0.396 e. The zero-order valence-electron chi connectivity index (χ0n) is 25.8. The molecule has 4 heteroatoms. The summed E-state index contributed by atoms with van der Waals surface area (Å²) in [4.78, 5) is 25.9. The molecule has 0 radical (unpaired) electrons. The van der Waals surface area contributed by atoms with Gasteiger partial charge in [0.1, 0.15) is 11.9 Å². The molecule has 0 aliphatic heterocycles. The van der Waals surface area contributed by atoms with E-state index in [4.69, 9.17) is 0 Å². The number of carbonyl (C=O) groups excluding carboxylic acids is 2. The number of allylic oxidation sites excluding steroid dienone is 2. The number of nitriles is 1. The highest BCUT2D eigenvalue weighted by molar-refractivity contribution is 6.04. The van der Waals surface area contributed by atoms with Crippen molar-refractivity contribution in [2.45, 2.75) is 128 Å². The van der Waals surface area contributed by atoms with Crippen LogP contribution >= 0.6 is 0 Å². The van der Waals surface area contributed by atoms with Gasteiger partial charge in [-0.15, -0.1) is 0 Å². The highest BCUT2D eigenvalue weighted by Crippen LogP contribution is 2.68. The molecule has 2 rings (SSSR count). The van der Waals surface area contributed by atoms with Crippen molar-refractivity contribution >= 4 is 11.6 Å². The minimum absolute atomic E-state index is 0.0291. The lowest BCUT2D eigenvalue weighted by molar-refractivity contribution is -0.156. The first-order valence-electron chi connectivity index (χ1n) is 14.5. The number of aliphatic hydroxyl groups is 1. The van der Waals surface area contributed by atoms with Gasteiger partial charge in [0.05, 0.1) is 5.57 Å². The molecule has 0 aromatic rings. The van der Waals surface area contributed by atoms with Gasteiger partial charge in [-0.05, 0) is 84.4 Å². The van der Waals surface area contributed by atoms with Crippen LogP contribution in [0.5, 0.6) is 0 Å². The number of hydrogen-bond acceptors (Lipinski definition) is 4. The molecule has 0 aromatic carbocycles. The van der Waals surface area contributed by atoms with Crippen molar-refractivity contribution in [2.24, 2.45) is 44.3 Å². The number of aliphatic hydroxyl groups excluding tert-OH is 1. The SMILES string of the molecule is CCC(C)(C)CC[C@](C)(CO)CCC(C)(C)[C@]1(C)CC[C@H]2C(C)(C)C(=O)C(C#N)=C[C@]2(C)[C@H]1CC(C)=O. The number of nitrogens with zero attached hydrogens (tertiary/aromatic N) is 1. The van der Waals surface area contributed by atoms with Gasteiger partial charge < -0.3 is 9.90 Å². The third kappa shape index (κ3) is 5.93. The van der Waals surface area contributed by atoms with Crippen LogP contribution in [-0.4, -0.2) is 23.3 Å². The zero-order valence-corrected chi connectivity index (χ0v) is 25.8. The van der Waals surface area contributed by atoms with Crippen LogP contribution in [0.25, 0.3) is 0 Å². The second kappa shape index (κ2) is 10.6. The average molecular weight is 514 g/mol. The Labute approximate surface area is 227 Å². The van der Waals surface area contributed by atoms with Crippen LogP contribution in [0.3, 0.4) is 0 Å². The highest BCUT2D eigenvalue weighted by atomic mass is 16.3. The number of rotatable bonds is 11. The van der Waals surface area contributed by atoms with Crippen molar-refractivity contribution in [2.75, 3.05) is 6.61 Å². The summed E-state index contributed by atoms with van der Waals surface area (Å²) in [5, 5.41) is 20.3. The van der Waals surface area contributed by atoms with Crippen LogP contribution in [0.1, 0.15) is 128 Å². The van der Waals surface area contributed by atoms with E-state index in [1.54, 1.807) is 6.92 Å². The van der Waals surface area contributed by atoms with Crippen LogP contribution < -0.4 is 0 Å². The Balaban J connectivity index is 2.47. The fourth-order valence-electron chi connectivity index (χ4n) is 7.71. The lowest BCUT2D eigenvalue weighted by Gasteiger charge is -2.64. The van der Waals surface area contributed by atoms with Gasteiger partial charge in [-0.1, -0.05) is 81.7 Å². The Morgan fingerprint density at radius 2 is 1.65 bits per heavy atom. The van der Waals surface area contributed by atoms with Gasteiger partial charge >= 0.3 is 0 Å². The summed E-state index contributed by atoms with van der Waals surface area (Å²) in [6, 6.07) is 2.19. The van der Waals surface area contributed by atoms with Crippen molar-refractivity contribution in [1.29, 1.82) is 5.26 Å². The summed E-state index contributed by atoms with van der Waals surface area (Å²) in [6.45, 7) is 24.1. The molecule has 0 saturated heterocycles. The standard InChI is InChI=1S/C33H55NO3/c1-12-28(3,4)15-17-31(9,22-35)18-16-29(5,6)33(11)14-13-25-30(7,8)27(37)24(21-34)20-32(25,10)26(33)19-23(2)36/h20,25-26,35H,12-19,22H2,1-11H3/t25-,26+,31-,32-,33+/m0/s1. The quantitative estimate of drug-likeness (QED) is 0.303. The Morgan fingerprint density at radius 3 is 2.14 bits per heavy atom. The molecule has 210 valence electrons. The summed E-state index contributed by atoms with van der Waals surface area (Å²) >= 11 is 0. The lowest BCUT2D eigenvalue weighted by Crippen LogP contribution is -2.60. The summed E-state index contributed by atoms with van der Waals surface area (Å²) < 4.78 is 0. The van der Waals surface area contributed by atoms with Gasteiger partial charge in [0.25, 0.3) is 0 Å². The van der Waals surface area contributed by atoms with Crippen LogP contribution in [0.15, 0.2) is 11.6 Å². The molecule has 1 saturated carbocycles. The number of fused-ring (bicyclic) bond motifs is 1. The summed E-state index contributed by atoms with van der Waals surface area (Å²) in [6.07, 6.45) is 9.35. The predicted molar refractivity (Wildman–Crippen MR) is 152 cm³/mol. The second-order valence-corrected chi connectivity index (χ2v) is 15.4. The Kier molecular flexibility index (Phi) is 9.09. The Morgan fingerprint density at radius 1 is 1.08 bits per heavy atom. The van der Waals surface area contributed by atoms with Gasteiger partial charge in [-0.25, -0.2) is 0 Å². The number of ketones is 2. The van der Waals surface area contributed by atoms with Crippen LogP contribution in [0.4, 0.5) is 0 Å². The monoisotopic (exact) mass is 513 g/mol. The van der Waals surface area contributed by atoms with Crippen molar-refractivity contribution in [3.63, 3.8) is 0 Å². The van der Waals surface area contributed by atoms with Crippen LogP contribution in [0.2, 0.25) is 0 Å². The Hall–Kier alpha value is -1.47. The van der Waals surface area contributed by atoms with E-state index in [0.717, 1.165) is 44.9 Å². The van der Waals surface area contributed by atoms with Crippen molar-refractivity contribution in [1.82, 2.24) is 0 Å². The van der Waals surface area contributed by atoms with E-state index in [1.807, 2.05) is 19.9 Å². The minimum Gasteiger partial charge on any atom is -0.396 e. The molecule has 0 bridgehead atoms. The summed E-state index contributed by atoms with van der Waals surface area (Å²) in [7, 11) is 0. The molecule has 0 unspecified atom stereocenters. The van der Waals surface area contributed by atoms with E-state index in [1.165, 1.54) is 0 Å². The molecule has 0 spiro atoms. The van der Waals surface area contributed by atoms with E-state index in [9.17, 15) is 20.0 Å². The molecule has 0 heterocycles. The van der Waals surface area contributed by atoms with E-state index in [0.29, 0.717) is 6.42 Å². The zero-order chi connectivity index (χ0) is 28.7. The first kappa shape index (κ1) is 31.7.